The summed E-state index contributed by atoms with van der Waals surface area (Å²) in [6.45, 7) is 1.01. The van der Waals surface area contributed by atoms with Gasteiger partial charge >= 0.3 is 0 Å². The van der Waals surface area contributed by atoms with E-state index >= 15 is 0 Å². The van der Waals surface area contributed by atoms with Crippen LogP contribution in [0, 0.1) is 5.92 Å². The van der Waals surface area contributed by atoms with Crippen LogP contribution in [0.15, 0.2) is 23.1 Å². The minimum atomic E-state index is -0.126. The Balaban J connectivity index is 1.25. The van der Waals surface area contributed by atoms with E-state index in [0.717, 1.165) is 12.0 Å². The van der Waals surface area contributed by atoms with Crippen molar-refractivity contribution in [2.45, 2.75) is 44.9 Å². The molecule has 3 aliphatic rings. The molecule has 2 aliphatic heterocycles. The highest BCUT2D eigenvalue weighted by molar-refractivity contribution is 8.26. The minimum absolute atomic E-state index is 0.0573. The number of nitrogens with one attached hydrogen (secondary N) is 1. The van der Waals surface area contributed by atoms with Crippen LogP contribution in [-0.4, -0.2) is 40.9 Å². The summed E-state index contributed by atoms with van der Waals surface area (Å²) < 4.78 is 11.2. The van der Waals surface area contributed by atoms with Crippen molar-refractivity contribution in [1.82, 2.24) is 10.2 Å². The van der Waals surface area contributed by atoms with Gasteiger partial charge in [0, 0.05) is 19.5 Å². The van der Waals surface area contributed by atoms with E-state index in [0.29, 0.717) is 46.2 Å². The summed E-state index contributed by atoms with van der Waals surface area (Å²) in [4.78, 5) is 27.0. The summed E-state index contributed by atoms with van der Waals surface area (Å²) in [6, 6.07) is 5.56. The third-order valence-corrected chi connectivity index (χ3v) is 7.11. The summed E-state index contributed by atoms with van der Waals surface area (Å²) in [7, 11) is 0. The van der Waals surface area contributed by atoms with Gasteiger partial charge in [0.2, 0.25) is 12.7 Å². The first-order valence-corrected chi connectivity index (χ1v) is 11.7. The first-order valence-electron chi connectivity index (χ1n) is 10.5. The third kappa shape index (κ3) is 5.16. The van der Waals surface area contributed by atoms with Gasteiger partial charge in [0.05, 0.1) is 4.91 Å². The van der Waals surface area contributed by atoms with Crippen molar-refractivity contribution in [3.63, 3.8) is 0 Å². The molecule has 1 aromatic rings. The molecule has 1 aromatic carbocycles. The molecule has 0 atom stereocenters. The Morgan fingerprint density at radius 1 is 1.23 bits per heavy atom. The number of hydrogen-bond acceptors (Lipinski definition) is 6. The second kappa shape index (κ2) is 9.83. The van der Waals surface area contributed by atoms with Crippen molar-refractivity contribution < 1.29 is 19.1 Å². The fraction of sp³-hybridized carbons (Fsp3) is 0.500. The van der Waals surface area contributed by atoms with E-state index in [9.17, 15) is 9.59 Å². The van der Waals surface area contributed by atoms with Crippen LogP contribution in [0.25, 0.3) is 6.08 Å². The summed E-state index contributed by atoms with van der Waals surface area (Å²) in [5.41, 5.74) is 0.857. The number of benzene rings is 1. The zero-order chi connectivity index (χ0) is 20.9. The Hall–Kier alpha value is -2.06. The van der Waals surface area contributed by atoms with Gasteiger partial charge in [0.25, 0.3) is 5.91 Å². The van der Waals surface area contributed by atoms with Crippen LogP contribution in [0.5, 0.6) is 11.5 Å². The molecule has 30 heavy (non-hydrogen) atoms. The SMILES string of the molecule is O=C(CCC1CCCCC1)NCCN1C(=O)/C(=C/c2ccc3c(c2)OCO3)SC1=S. The predicted octanol–water partition coefficient (Wildman–Crippen LogP) is 4.09. The zero-order valence-corrected chi connectivity index (χ0v) is 18.5. The number of nitrogens with zero attached hydrogens (tertiary/aromatic N) is 1. The minimum Gasteiger partial charge on any atom is -0.454 e. The standard InChI is InChI=1S/C22H26N2O4S2/c25-20(9-7-15-4-2-1-3-5-15)23-10-11-24-21(26)19(30-22(24)29)13-16-6-8-17-18(12-16)28-14-27-17/h6,8,12-13,15H,1-5,7,9-11,14H2,(H,23,25)/b19-13-. The Morgan fingerprint density at radius 3 is 2.87 bits per heavy atom. The second-order valence-electron chi connectivity index (χ2n) is 7.84. The van der Waals surface area contributed by atoms with Crippen LogP contribution in [0.1, 0.15) is 50.5 Å². The van der Waals surface area contributed by atoms with Crippen molar-refractivity contribution in [2.75, 3.05) is 19.9 Å². The number of hydrogen-bond donors (Lipinski definition) is 1. The molecule has 0 spiro atoms. The maximum Gasteiger partial charge on any atom is 0.266 e. The summed E-state index contributed by atoms with van der Waals surface area (Å²) in [5, 5.41) is 2.93. The second-order valence-corrected chi connectivity index (χ2v) is 9.51. The Labute approximate surface area is 186 Å². The van der Waals surface area contributed by atoms with Crippen LogP contribution < -0.4 is 14.8 Å². The molecule has 1 saturated carbocycles. The van der Waals surface area contributed by atoms with Gasteiger partial charge in [-0.2, -0.15) is 0 Å². The first kappa shape index (κ1) is 21.2. The molecule has 0 radical (unpaired) electrons. The molecule has 160 valence electrons. The molecule has 2 heterocycles. The molecule has 4 rings (SSSR count). The summed E-state index contributed by atoms with van der Waals surface area (Å²) in [6.07, 6.45) is 9.75. The lowest BCUT2D eigenvalue weighted by molar-refractivity contribution is -0.124. The van der Waals surface area contributed by atoms with Gasteiger partial charge in [-0.15, -0.1) is 0 Å². The number of fused-ring (bicyclic) bond motifs is 1. The van der Waals surface area contributed by atoms with E-state index < -0.39 is 0 Å². The van der Waals surface area contributed by atoms with Crippen molar-refractivity contribution >= 4 is 46.2 Å². The van der Waals surface area contributed by atoms with E-state index in [-0.39, 0.29) is 18.6 Å². The topological polar surface area (TPSA) is 67.9 Å². The van der Waals surface area contributed by atoms with Gasteiger partial charge in [-0.3, -0.25) is 14.5 Å². The molecule has 1 aliphatic carbocycles. The van der Waals surface area contributed by atoms with Gasteiger partial charge in [-0.1, -0.05) is 62.2 Å². The highest BCUT2D eigenvalue weighted by Gasteiger charge is 2.31. The smallest absolute Gasteiger partial charge is 0.266 e. The quantitative estimate of drug-likeness (QED) is 0.503. The summed E-state index contributed by atoms with van der Waals surface area (Å²) >= 11 is 6.66. The zero-order valence-electron chi connectivity index (χ0n) is 16.9. The Kier molecular flexibility index (Phi) is 6.94. The molecule has 8 heteroatoms. The number of ether oxygens (including phenoxy) is 2. The molecular weight excluding hydrogens is 420 g/mol. The lowest BCUT2D eigenvalue weighted by atomic mass is 9.86. The number of carbonyl (C=O) groups excluding carboxylic acids is 2. The number of thioether (sulfide) groups is 1. The van der Waals surface area contributed by atoms with Crippen molar-refractivity contribution in [2.24, 2.45) is 5.92 Å². The Morgan fingerprint density at radius 2 is 2.03 bits per heavy atom. The van der Waals surface area contributed by atoms with Gasteiger partial charge < -0.3 is 14.8 Å². The lowest BCUT2D eigenvalue weighted by Crippen LogP contribution is -2.37. The average molecular weight is 447 g/mol. The van der Waals surface area contributed by atoms with Crippen molar-refractivity contribution in [1.29, 1.82) is 0 Å². The maximum absolute atomic E-state index is 12.7. The molecular formula is C22H26N2O4S2. The van der Waals surface area contributed by atoms with Crippen LogP contribution in [0.2, 0.25) is 0 Å². The largest absolute Gasteiger partial charge is 0.454 e. The number of amides is 2. The molecule has 0 unspecified atom stereocenters. The van der Waals surface area contributed by atoms with Crippen LogP contribution in [0.3, 0.4) is 0 Å². The molecule has 0 bridgehead atoms. The fourth-order valence-corrected chi connectivity index (χ4v) is 5.36. The van der Waals surface area contributed by atoms with E-state index in [1.807, 2.05) is 24.3 Å². The van der Waals surface area contributed by atoms with Gasteiger partial charge in [-0.25, -0.2) is 0 Å². The molecule has 2 fully saturated rings. The highest BCUT2D eigenvalue weighted by atomic mass is 32.2. The van der Waals surface area contributed by atoms with Crippen LogP contribution in [0.4, 0.5) is 0 Å². The lowest BCUT2D eigenvalue weighted by Gasteiger charge is -2.21. The van der Waals surface area contributed by atoms with E-state index in [1.165, 1.54) is 43.9 Å². The van der Waals surface area contributed by atoms with E-state index in [4.69, 9.17) is 21.7 Å². The fourth-order valence-electron chi connectivity index (χ4n) is 4.05. The summed E-state index contributed by atoms with van der Waals surface area (Å²) in [5.74, 6) is 2.01. The molecule has 0 aromatic heterocycles. The molecule has 1 saturated heterocycles. The van der Waals surface area contributed by atoms with E-state index in [2.05, 4.69) is 5.32 Å². The Bertz CT molecular complexity index is 865. The van der Waals surface area contributed by atoms with Gasteiger partial charge in [0.15, 0.2) is 11.5 Å². The maximum atomic E-state index is 12.7. The normalized spacial score (nSPS) is 20.3. The predicted molar refractivity (Wildman–Crippen MR) is 121 cm³/mol. The van der Waals surface area contributed by atoms with Gasteiger partial charge in [-0.05, 0) is 36.1 Å². The molecule has 1 N–H and O–H groups in total. The van der Waals surface area contributed by atoms with Crippen molar-refractivity contribution in [3.05, 3.63) is 28.7 Å². The van der Waals surface area contributed by atoms with Crippen LogP contribution in [-0.2, 0) is 9.59 Å². The van der Waals surface area contributed by atoms with Gasteiger partial charge in [0.1, 0.15) is 4.32 Å². The van der Waals surface area contributed by atoms with Crippen LogP contribution >= 0.6 is 24.0 Å². The number of rotatable bonds is 7. The number of carbonyl (C=O) groups is 2. The van der Waals surface area contributed by atoms with E-state index in [1.54, 1.807) is 4.90 Å². The third-order valence-electron chi connectivity index (χ3n) is 5.73. The molecule has 6 nitrogen and oxygen atoms in total. The molecule has 2 amide bonds. The monoisotopic (exact) mass is 446 g/mol. The number of thiocarbonyl (C=S) groups is 1. The first-order chi connectivity index (χ1) is 14.6. The average Bonchev–Trinajstić information content (AvgIpc) is 3.32. The highest BCUT2D eigenvalue weighted by Crippen LogP contribution is 2.36. The van der Waals surface area contributed by atoms with Crippen molar-refractivity contribution in [3.8, 4) is 11.5 Å².